The molecule has 0 aliphatic carbocycles. The van der Waals surface area contributed by atoms with E-state index in [4.69, 9.17) is 5.11 Å². The maximum absolute atomic E-state index is 10.3. The van der Waals surface area contributed by atoms with E-state index in [1.807, 2.05) is 0 Å². The normalized spacial score (nSPS) is 9.54. The van der Waals surface area contributed by atoms with E-state index >= 15 is 0 Å². The van der Waals surface area contributed by atoms with Gasteiger partial charge >= 0.3 is 11.8 Å². The van der Waals surface area contributed by atoms with Gasteiger partial charge in [0, 0.05) is 0 Å². The molecule has 8 nitrogen and oxygen atoms in total. The molecule has 0 spiro atoms. The van der Waals surface area contributed by atoms with Crippen molar-refractivity contribution in [2.45, 2.75) is 0 Å². The molecular formula is C5H6N4O4. The van der Waals surface area contributed by atoms with Crippen LogP contribution in [0.2, 0.25) is 0 Å². The summed E-state index contributed by atoms with van der Waals surface area (Å²) in [5.74, 6) is -1.45. The quantitative estimate of drug-likeness (QED) is 0.442. The Morgan fingerprint density at radius 3 is 3.08 bits per heavy atom. The van der Waals surface area contributed by atoms with Gasteiger partial charge in [-0.3, -0.25) is 4.79 Å². The van der Waals surface area contributed by atoms with Gasteiger partial charge in [0.05, 0.1) is 0 Å². The molecule has 1 aromatic rings. The molecule has 3 N–H and O–H groups in total. The van der Waals surface area contributed by atoms with E-state index in [9.17, 15) is 14.9 Å². The van der Waals surface area contributed by atoms with Crippen molar-refractivity contribution in [2.75, 3.05) is 11.9 Å². The predicted octanol–water partition coefficient (Wildman–Crippen LogP) is -0.186. The third-order valence-corrected chi connectivity index (χ3v) is 1.23. The second-order valence-corrected chi connectivity index (χ2v) is 2.14. The SMILES string of the molecule is O=C(O)CNc1cn[nH]c1[N+](=O)[O-]. The number of carboxylic acids is 1. The highest BCUT2D eigenvalue weighted by molar-refractivity contribution is 5.73. The number of nitrogens with one attached hydrogen (secondary N) is 2. The van der Waals surface area contributed by atoms with Crippen molar-refractivity contribution in [3.8, 4) is 0 Å². The maximum Gasteiger partial charge on any atom is 0.366 e. The largest absolute Gasteiger partial charge is 0.480 e. The maximum atomic E-state index is 10.3. The van der Waals surface area contributed by atoms with Gasteiger partial charge in [0.1, 0.15) is 12.7 Å². The summed E-state index contributed by atoms with van der Waals surface area (Å²) in [4.78, 5) is 19.7. The molecule has 1 heterocycles. The lowest BCUT2D eigenvalue weighted by atomic mass is 10.5. The molecule has 8 heteroatoms. The molecule has 0 aliphatic rings. The highest BCUT2D eigenvalue weighted by Gasteiger charge is 2.14. The number of rotatable bonds is 4. The molecule has 0 saturated carbocycles. The Bertz CT molecular complexity index is 333. The van der Waals surface area contributed by atoms with Crippen LogP contribution in [0.25, 0.3) is 0 Å². The van der Waals surface area contributed by atoms with Crippen molar-refractivity contribution >= 4 is 17.5 Å². The van der Waals surface area contributed by atoms with E-state index in [1.54, 1.807) is 0 Å². The number of aromatic nitrogens is 2. The first kappa shape index (κ1) is 8.97. The van der Waals surface area contributed by atoms with Gasteiger partial charge < -0.3 is 20.5 Å². The van der Waals surface area contributed by atoms with Gasteiger partial charge in [-0.2, -0.15) is 0 Å². The van der Waals surface area contributed by atoms with Crippen LogP contribution < -0.4 is 5.32 Å². The van der Waals surface area contributed by atoms with Crippen molar-refractivity contribution in [3.63, 3.8) is 0 Å². The summed E-state index contributed by atoms with van der Waals surface area (Å²) in [5.41, 5.74) is 0.0624. The minimum Gasteiger partial charge on any atom is -0.480 e. The predicted molar refractivity (Wildman–Crippen MR) is 41.4 cm³/mol. The minimum atomic E-state index is -1.10. The van der Waals surface area contributed by atoms with E-state index in [1.165, 1.54) is 0 Å². The molecule has 70 valence electrons. The molecule has 13 heavy (non-hydrogen) atoms. The summed E-state index contributed by atoms with van der Waals surface area (Å²) in [7, 11) is 0. The summed E-state index contributed by atoms with van der Waals surface area (Å²) in [6, 6.07) is 0. The zero-order valence-electron chi connectivity index (χ0n) is 6.35. The molecule has 0 unspecified atom stereocenters. The summed E-state index contributed by atoms with van der Waals surface area (Å²) >= 11 is 0. The molecule has 1 rings (SSSR count). The summed E-state index contributed by atoms with van der Waals surface area (Å²) in [6.45, 7) is -0.389. The van der Waals surface area contributed by atoms with Crippen LogP contribution in [0.1, 0.15) is 0 Å². The number of hydrogen-bond acceptors (Lipinski definition) is 5. The molecule has 0 saturated heterocycles. The summed E-state index contributed by atoms with van der Waals surface area (Å²) in [6.07, 6.45) is 1.15. The first-order valence-electron chi connectivity index (χ1n) is 3.24. The third kappa shape index (κ3) is 2.15. The Labute approximate surface area is 71.7 Å². The van der Waals surface area contributed by atoms with Crippen molar-refractivity contribution in [1.82, 2.24) is 10.2 Å². The Hall–Kier alpha value is -2.12. The van der Waals surface area contributed by atoms with Crippen LogP contribution in [0.4, 0.5) is 11.5 Å². The zero-order chi connectivity index (χ0) is 9.84. The molecule has 0 bridgehead atoms. The number of carboxylic acid groups (broad SMARTS) is 1. The molecule has 0 fully saturated rings. The highest BCUT2D eigenvalue weighted by Crippen LogP contribution is 2.18. The van der Waals surface area contributed by atoms with Crippen molar-refractivity contribution in [3.05, 3.63) is 16.3 Å². The van der Waals surface area contributed by atoms with Crippen LogP contribution in [-0.4, -0.2) is 32.7 Å². The number of aromatic amines is 1. The topological polar surface area (TPSA) is 121 Å². The monoisotopic (exact) mass is 186 g/mol. The van der Waals surface area contributed by atoms with Crippen molar-refractivity contribution < 1.29 is 14.8 Å². The van der Waals surface area contributed by atoms with Gasteiger partial charge in [-0.25, -0.2) is 0 Å². The smallest absolute Gasteiger partial charge is 0.366 e. The summed E-state index contributed by atoms with van der Waals surface area (Å²) in [5, 5.41) is 26.4. The van der Waals surface area contributed by atoms with Gasteiger partial charge in [0.25, 0.3) is 0 Å². The van der Waals surface area contributed by atoms with Crippen LogP contribution in [0.5, 0.6) is 0 Å². The number of nitrogens with zero attached hydrogens (tertiary/aromatic N) is 2. The third-order valence-electron chi connectivity index (χ3n) is 1.23. The molecular weight excluding hydrogens is 180 g/mol. The van der Waals surface area contributed by atoms with E-state index in [2.05, 4.69) is 15.5 Å². The zero-order valence-corrected chi connectivity index (χ0v) is 6.35. The van der Waals surface area contributed by atoms with Crippen LogP contribution in [0, 0.1) is 10.1 Å². The fourth-order valence-corrected chi connectivity index (χ4v) is 0.719. The Morgan fingerprint density at radius 2 is 2.54 bits per heavy atom. The fraction of sp³-hybridized carbons (Fsp3) is 0.200. The Morgan fingerprint density at radius 1 is 1.85 bits per heavy atom. The number of anilines is 1. The van der Waals surface area contributed by atoms with E-state index in [0.29, 0.717) is 0 Å². The molecule has 0 aromatic carbocycles. The molecule has 0 aliphatic heterocycles. The van der Waals surface area contributed by atoms with E-state index in [-0.39, 0.29) is 18.1 Å². The van der Waals surface area contributed by atoms with Crippen LogP contribution in [0.3, 0.4) is 0 Å². The molecule has 0 radical (unpaired) electrons. The molecule has 0 atom stereocenters. The fourth-order valence-electron chi connectivity index (χ4n) is 0.719. The number of carbonyl (C=O) groups is 1. The highest BCUT2D eigenvalue weighted by atomic mass is 16.6. The lowest BCUT2D eigenvalue weighted by molar-refractivity contribution is -0.388. The van der Waals surface area contributed by atoms with Gasteiger partial charge in [-0.1, -0.05) is 5.10 Å². The first-order valence-corrected chi connectivity index (χ1v) is 3.24. The van der Waals surface area contributed by atoms with Crippen LogP contribution in [-0.2, 0) is 4.79 Å². The average molecular weight is 186 g/mol. The molecule has 0 amide bonds. The first-order chi connectivity index (χ1) is 6.11. The van der Waals surface area contributed by atoms with E-state index in [0.717, 1.165) is 6.20 Å². The van der Waals surface area contributed by atoms with Gasteiger partial charge in [-0.15, -0.1) is 5.10 Å². The van der Waals surface area contributed by atoms with Crippen LogP contribution in [0.15, 0.2) is 6.20 Å². The summed E-state index contributed by atoms with van der Waals surface area (Å²) < 4.78 is 0. The van der Waals surface area contributed by atoms with Gasteiger partial charge in [-0.05, 0) is 4.92 Å². The minimum absolute atomic E-state index is 0.0624. The lowest BCUT2D eigenvalue weighted by Crippen LogP contribution is -2.12. The average Bonchev–Trinajstić information content (AvgIpc) is 2.47. The standard InChI is InChI=1S/C5H6N4O4/c10-4(11)2-6-3-1-7-8-5(3)9(12)13/h1,6H,2H2,(H,7,8)(H,10,11). The Balaban J connectivity index is 2.71. The second-order valence-electron chi connectivity index (χ2n) is 2.14. The molecule has 1 aromatic heterocycles. The lowest BCUT2D eigenvalue weighted by Gasteiger charge is -1.98. The number of nitro groups is 1. The van der Waals surface area contributed by atoms with E-state index < -0.39 is 10.9 Å². The van der Waals surface area contributed by atoms with Gasteiger partial charge in [0.15, 0.2) is 5.69 Å². The van der Waals surface area contributed by atoms with Crippen molar-refractivity contribution in [1.29, 1.82) is 0 Å². The van der Waals surface area contributed by atoms with Gasteiger partial charge in [0.2, 0.25) is 0 Å². The number of hydrogen-bond donors (Lipinski definition) is 3. The second kappa shape index (κ2) is 3.52. The Kier molecular flexibility index (Phi) is 2.43. The van der Waals surface area contributed by atoms with Crippen LogP contribution >= 0.6 is 0 Å². The van der Waals surface area contributed by atoms with Crippen molar-refractivity contribution in [2.24, 2.45) is 0 Å². The number of H-pyrrole nitrogens is 1. The number of aliphatic carboxylic acids is 1.